The number of carbonyl (C=O) groups excluding carboxylic acids is 1. The highest BCUT2D eigenvalue weighted by molar-refractivity contribution is 7.99. The lowest BCUT2D eigenvalue weighted by atomic mass is 10.3. The second-order valence-corrected chi connectivity index (χ2v) is 4.46. The summed E-state index contributed by atoms with van der Waals surface area (Å²) in [5.41, 5.74) is 0.473. The van der Waals surface area contributed by atoms with Gasteiger partial charge in [-0.05, 0) is 19.1 Å². The summed E-state index contributed by atoms with van der Waals surface area (Å²) >= 11 is 1.84. The van der Waals surface area contributed by atoms with Crippen molar-refractivity contribution in [1.82, 2.24) is 0 Å². The first-order valence-corrected chi connectivity index (χ1v) is 6.24. The van der Waals surface area contributed by atoms with Crippen molar-refractivity contribution < 1.29 is 9.53 Å². The molecule has 0 aromatic heterocycles. The molecule has 2 nitrogen and oxygen atoms in total. The zero-order valence-corrected chi connectivity index (χ0v) is 9.99. The summed E-state index contributed by atoms with van der Waals surface area (Å²) in [6, 6.07) is 0. The summed E-state index contributed by atoms with van der Waals surface area (Å²) in [6.45, 7) is 7.87. The maximum atomic E-state index is 10.9. The number of thioether (sulfide) groups is 1. The van der Waals surface area contributed by atoms with Crippen LogP contribution in [0.15, 0.2) is 12.2 Å². The number of hydrogen-bond acceptors (Lipinski definition) is 3. The number of ether oxygens (including phenoxy) is 1. The van der Waals surface area contributed by atoms with Gasteiger partial charge >= 0.3 is 5.97 Å². The maximum absolute atomic E-state index is 10.9. The van der Waals surface area contributed by atoms with Crippen molar-refractivity contribution in [2.45, 2.75) is 33.1 Å². The molecule has 3 heteroatoms. The van der Waals surface area contributed by atoms with Gasteiger partial charge in [-0.3, -0.25) is 0 Å². The van der Waals surface area contributed by atoms with E-state index < -0.39 is 0 Å². The van der Waals surface area contributed by atoms with Gasteiger partial charge in [-0.25, -0.2) is 4.79 Å². The van der Waals surface area contributed by atoms with Crippen molar-refractivity contribution in [2.24, 2.45) is 0 Å². The third-order valence-corrected chi connectivity index (χ3v) is 2.73. The quantitative estimate of drug-likeness (QED) is 0.354. The van der Waals surface area contributed by atoms with E-state index in [0.717, 1.165) is 5.75 Å². The molecule has 0 saturated heterocycles. The molecular formula is C11H20O2S. The molecule has 0 bridgehead atoms. The van der Waals surface area contributed by atoms with Gasteiger partial charge in [-0.2, -0.15) is 11.8 Å². The molecule has 0 N–H and O–H groups in total. The highest BCUT2D eigenvalue weighted by atomic mass is 32.2. The average Bonchev–Trinajstić information content (AvgIpc) is 2.16. The fourth-order valence-corrected chi connectivity index (χ4v) is 1.69. The second-order valence-electron chi connectivity index (χ2n) is 3.24. The molecule has 0 aliphatic rings. The maximum Gasteiger partial charge on any atom is 0.333 e. The fraction of sp³-hybridized carbons (Fsp3) is 0.727. The lowest BCUT2D eigenvalue weighted by Gasteiger charge is -2.03. The van der Waals surface area contributed by atoms with Crippen LogP contribution >= 0.6 is 11.8 Å². The Balaban J connectivity index is 3.13. The van der Waals surface area contributed by atoms with Gasteiger partial charge in [0.15, 0.2) is 0 Å². The van der Waals surface area contributed by atoms with E-state index in [1.807, 2.05) is 11.8 Å². The van der Waals surface area contributed by atoms with Gasteiger partial charge in [0.1, 0.15) is 6.61 Å². The van der Waals surface area contributed by atoms with Crippen LogP contribution in [-0.4, -0.2) is 24.1 Å². The molecule has 0 aromatic rings. The topological polar surface area (TPSA) is 26.3 Å². The summed E-state index contributed by atoms with van der Waals surface area (Å²) in [6.07, 6.45) is 3.80. The lowest BCUT2D eigenvalue weighted by Crippen LogP contribution is -2.07. The van der Waals surface area contributed by atoms with Gasteiger partial charge < -0.3 is 4.74 Å². The SMILES string of the molecule is C=C(C)C(=O)OCCSCCCCC. The largest absolute Gasteiger partial charge is 0.461 e. The Bertz CT molecular complexity index is 178. The van der Waals surface area contributed by atoms with Crippen molar-refractivity contribution in [3.63, 3.8) is 0 Å². The molecule has 0 heterocycles. The Kier molecular flexibility index (Phi) is 8.84. The molecule has 0 unspecified atom stereocenters. The van der Waals surface area contributed by atoms with Crippen LogP contribution in [0.25, 0.3) is 0 Å². The second kappa shape index (κ2) is 9.13. The monoisotopic (exact) mass is 216 g/mol. The standard InChI is InChI=1S/C11H20O2S/c1-4-5-6-8-14-9-7-13-11(12)10(2)3/h2,4-9H2,1,3H3. The molecule has 14 heavy (non-hydrogen) atoms. The van der Waals surface area contributed by atoms with Crippen LogP contribution in [0.3, 0.4) is 0 Å². The van der Waals surface area contributed by atoms with Gasteiger partial charge in [0, 0.05) is 11.3 Å². The number of unbranched alkanes of at least 4 members (excludes halogenated alkanes) is 2. The minimum atomic E-state index is -0.279. The number of esters is 1. The van der Waals surface area contributed by atoms with Crippen LogP contribution in [0.4, 0.5) is 0 Å². The highest BCUT2D eigenvalue weighted by Crippen LogP contribution is 2.06. The molecule has 0 aliphatic carbocycles. The molecule has 0 aliphatic heterocycles. The van der Waals surface area contributed by atoms with Gasteiger partial charge in [-0.15, -0.1) is 0 Å². The van der Waals surface area contributed by atoms with Gasteiger partial charge in [0.25, 0.3) is 0 Å². The smallest absolute Gasteiger partial charge is 0.333 e. The molecule has 0 radical (unpaired) electrons. The molecule has 0 atom stereocenters. The Labute approximate surface area is 91.1 Å². The normalized spacial score (nSPS) is 9.86. The van der Waals surface area contributed by atoms with Crippen LogP contribution in [0.2, 0.25) is 0 Å². The number of hydrogen-bond donors (Lipinski definition) is 0. The summed E-state index contributed by atoms with van der Waals surface area (Å²) in [7, 11) is 0. The predicted octanol–water partition coefficient (Wildman–Crippen LogP) is 3.03. The molecule has 0 aromatic carbocycles. The molecule has 82 valence electrons. The third-order valence-electron chi connectivity index (χ3n) is 1.70. The average molecular weight is 216 g/mol. The molecule has 0 fully saturated rings. The van der Waals surface area contributed by atoms with Gasteiger partial charge in [0.2, 0.25) is 0 Å². The first-order valence-electron chi connectivity index (χ1n) is 5.08. The minimum Gasteiger partial charge on any atom is -0.461 e. The van der Waals surface area contributed by atoms with Crippen molar-refractivity contribution in [1.29, 1.82) is 0 Å². The van der Waals surface area contributed by atoms with Crippen LogP contribution in [0.1, 0.15) is 33.1 Å². The Morgan fingerprint density at radius 3 is 2.64 bits per heavy atom. The molecule has 0 saturated carbocycles. The molecule has 0 spiro atoms. The Hall–Kier alpha value is -0.440. The van der Waals surface area contributed by atoms with E-state index in [1.165, 1.54) is 25.0 Å². The highest BCUT2D eigenvalue weighted by Gasteiger charge is 2.01. The van der Waals surface area contributed by atoms with Crippen molar-refractivity contribution in [3.8, 4) is 0 Å². The summed E-state index contributed by atoms with van der Waals surface area (Å²) < 4.78 is 4.95. The minimum absolute atomic E-state index is 0.279. The van der Waals surface area contributed by atoms with E-state index in [4.69, 9.17) is 4.74 Å². The summed E-state index contributed by atoms with van der Waals surface area (Å²) in [5.74, 6) is 1.78. The first kappa shape index (κ1) is 13.6. The van der Waals surface area contributed by atoms with E-state index >= 15 is 0 Å². The van der Waals surface area contributed by atoms with E-state index in [9.17, 15) is 4.79 Å². The van der Waals surface area contributed by atoms with E-state index in [2.05, 4.69) is 13.5 Å². The zero-order chi connectivity index (χ0) is 10.8. The van der Waals surface area contributed by atoms with Crippen LogP contribution in [0, 0.1) is 0 Å². The lowest BCUT2D eigenvalue weighted by molar-refractivity contribution is -0.138. The molecule has 0 amide bonds. The van der Waals surface area contributed by atoms with Gasteiger partial charge in [0.05, 0.1) is 0 Å². The Morgan fingerprint density at radius 2 is 2.07 bits per heavy atom. The first-order chi connectivity index (χ1) is 6.68. The fourth-order valence-electron chi connectivity index (χ4n) is 0.873. The van der Waals surface area contributed by atoms with Crippen molar-refractivity contribution in [3.05, 3.63) is 12.2 Å². The molecular weight excluding hydrogens is 196 g/mol. The Morgan fingerprint density at radius 1 is 1.36 bits per heavy atom. The number of rotatable bonds is 8. The summed E-state index contributed by atoms with van der Waals surface area (Å²) in [5, 5.41) is 0. The third kappa shape index (κ3) is 8.17. The van der Waals surface area contributed by atoms with E-state index in [0.29, 0.717) is 12.2 Å². The number of carbonyl (C=O) groups is 1. The zero-order valence-electron chi connectivity index (χ0n) is 9.17. The van der Waals surface area contributed by atoms with Crippen LogP contribution in [-0.2, 0) is 9.53 Å². The van der Waals surface area contributed by atoms with Crippen molar-refractivity contribution >= 4 is 17.7 Å². The van der Waals surface area contributed by atoms with Crippen molar-refractivity contribution in [2.75, 3.05) is 18.1 Å². The summed E-state index contributed by atoms with van der Waals surface area (Å²) in [4.78, 5) is 10.9. The van der Waals surface area contributed by atoms with Crippen LogP contribution in [0.5, 0.6) is 0 Å². The molecule has 0 rings (SSSR count). The predicted molar refractivity (Wildman–Crippen MR) is 62.6 cm³/mol. The van der Waals surface area contributed by atoms with Crippen LogP contribution < -0.4 is 0 Å². The van der Waals surface area contributed by atoms with E-state index in [-0.39, 0.29) is 5.97 Å². The van der Waals surface area contributed by atoms with Gasteiger partial charge in [-0.1, -0.05) is 26.3 Å². The van der Waals surface area contributed by atoms with E-state index in [1.54, 1.807) is 6.92 Å².